The van der Waals surface area contributed by atoms with Crippen LogP contribution in [0, 0.1) is 13.8 Å². The maximum atomic E-state index is 6.58. The molecule has 2 aliphatic rings. The van der Waals surface area contributed by atoms with Gasteiger partial charge in [0, 0.05) is 46.7 Å². The number of hydrogen-bond acceptors (Lipinski definition) is 5. The number of hydrogen-bond donors (Lipinski definition) is 0. The Bertz CT molecular complexity index is 2250. The van der Waals surface area contributed by atoms with Crippen LogP contribution >= 0.6 is 0 Å². The van der Waals surface area contributed by atoms with E-state index >= 15 is 0 Å². The predicted molar refractivity (Wildman–Crippen MR) is 174 cm³/mol. The lowest BCUT2D eigenvalue weighted by atomic mass is 9.84. The Kier molecular flexibility index (Phi) is 4.91. The van der Waals surface area contributed by atoms with E-state index in [1.54, 1.807) is 0 Å². The lowest BCUT2D eigenvalue weighted by Crippen LogP contribution is -2.52. The van der Waals surface area contributed by atoms with Gasteiger partial charge in [-0.2, -0.15) is 0 Å². The molecule has 7 nitrogen and oxygen atoms in total. The van der Waals surface area contributed by atoms with Crippen molar-refractivity contribution in [3.8, 4) is 28.7 Å². The van der Waals surface area contributed by atoms with Crippen molar-refractivity contribution in [2.75, 3.05) is 16.7 Å². The highest BCUT2D eigenvalue weighted by Crippen LogP contribution is 2.49. The second-order valence-corrected chi connectivity index (χ2v) is 11.4. The zero-order valence-electron chi connectivity index (χ0n) is 24.1. The van der Waals surface area contributed by atoms with Gasteiger partial charge in [0.1, 0.15) is 23.1 Å². The second-order valence-electron chi connectivity index (χ2n) is 11.4. The molecule has 43 heavy (non-hydrogen) atoms. The fraction of sp³-hybridized carbons (Fsp3) is 0.0857. The summed E-state index contributed by atoms with van der Waals surface area (Å²) < 4.78 is 11.0. The van der Waals surface area contributed by atoms with Gasteiger partial charge in [0.15, 0.2) is 0 Å². The van der Waals surface area contributed by atoms with Crippen molar-refractivity contribution in [1.29, 1.82) is 0 Å². The summed E-state index contributed by atoms with van der Waals surface area (Å²) in [4.78, 5) is 14.3. The van der Waals surface area contributed by atoms with Gasteiger partial charge in [-0.25, -0.2) is 9.97 Å². The minimum Gasteiger partial charge on any atom is -0.457 e. The molecule has 5 heterocycles. The Morgan fingerprint density at radius 3 is 2.35 bits per heavy atom. The van der Waals surface area contributed by atoms with E-state index in [0.717, 1.165) is 45.4 Å². The topological polar surface area (TPSA) is 51.4 Å². The van der Waals surface area contributed by atoms with Crippen molar-refractivity contribution < 1.29 is 4.74 Å². The quantitative estimate of drug-likeness (QED) is 0.207. The molecule has 0 saturated carbocycles. The van der Waals surface area contributed by atoms with Crippen LogP contribution in [-0.4, -0.2) is 33.2 Å². The summed E-state index contributed by atoms with van der Waals surface area (Å²) >= 11 is 0. The van der Waals surface area contributed by atoms with Crippen LogP contribution in [0.4, 0.5) is 17.1 Å². The summed E-state index contributed by atoms with van der Waals surface area (Å²) in [5, 5.41) is 2.36. The van der Waals surface area contributed by atoms with Crippen LogP contribution < -0.4 is 14.4 Å². The maximum absolute atomic E-state index is 6.58. The second kappa shape index (κ2) is 8.75. The summed E-state index contributed by atoms with van der Waals surface area (Å²) in [6, 6.07) is 31.8. The maximum Gasteiger partial charge on any atom is 0.515 e. The van der Waals surface area contributed by atoms with Gasteiger partial charge < -0.3 is 18.8 Å². The lowest BCUT2D eigenvalue weighted by molar-refractivity contribution is 0.483. The van der Waals surface area contributed by atoms with E-state index < -0.39 is 0 Å². The number of aromatic nitrogens is 4. The molecule has 0 spiro atoms. The molecule has 0 bridgehead atoms. The first-order valence-electron chi connectivity index (χ1n) is 14.5. The number of imidazole rings is 1. The fourth-order valence-corrected chi connectivity index (χ4v) is 6.76. The van der Waals surface area contributed by atoms with Crippen LogP contribution in [0.3, 0.4) is 0 Å². The summed E-state index contributed by atoms with van der Waals surface area (Å²) in [6.45, 7) is 4.22. The van der Waals surface area contributed by atoms with Crippen molar-refractivity contribution in [2.24, 2.45) is 0 Å². The molecule has 0 amide bonds. The predicted octanol–water partition coefficient (Wildman–Crippen LogP) is 7.89. The SMILES string of the molecule is Cc1cnc(-n2c3ccccc3c3ccc(Oc4ccc5c(c4)-c4nccn4B4N(C)c6ccccc6N45)cc32)cc1C. The fourth-order valence-electron chi connectivity index (χ4n) is 6.76. The average molecular weight is 558 g/mol. The van der Waals surface area contributed by atoms with E-state index in [4.69, 9.17) is 14.7 Å². The lowest BCUT2D eigenvalue weighted by Gasteiger charge is -2.34. The number of anilines is 3. The number of pyridine rings is 1. The van der Waals surface area contributed by atoms with Gasteiger partial charge in [-0.3, -0.25) is 4.57 Å². The highest BCUT2D eigenvalue weighted by Gasteiger charge is 2.46. The number of ether oxygens (including phenoxy) is 1. The first kappa shape index (κ1) is 24.1. The van der Waals surface area contributed by atoms with Crippen molar-refractivity contribution in [1.82, 2.24) is 19.0 Å². The smallest absolute Gasteiger partial charge is 0.457 e. The summed E-state index contributed by atoms with van der Waals surface area (Å²) in [6.07, 6.45) is 5.88. The Morgan fingerprint density at radius 1 is 0.698 bits per heavy atom. The van der Waals surface area contributed by atoms with Gasteiger partial charge in [0.05, 0.1) is 22.4 Å². The number of aryl methyl sites for hydroxylation is 2. The molecule has 0 fully saturated rings. The summed E-state index contributed by atoms with van der Waals surface area (Å²) in [5.74, 6) is 3.36. The van der Waals surface area contributed by atoms with Gasteiger partial charge in [-0.05, 0) is 86.6 Å². The molecule has 0 N–H and O–H groups in total. The molecule has 4 aromatic carbocycles. The molecular formula is C35H27BN6O. The van der Waals surface area contributed by atoms with Gasteiger partial charge in [0.2, 0.25) is 0 Å². The molecule has 3 aromatic heterocycles. The van der Waals surface area contributed by atoms with Crippen LogP contribution in [0.1, 0.15) is 11.1 Å². The molecule has 0 radical (unpaired) electrons. The Morgan fingerprint density at radius 2 is 1.47 bits per heavy atom. The molecule has 0 saturated heterocycles. The van der Waals surface area contributed by atoms with Crippen molar-refractivity contribution in [2.45, 2.75) is 13.8 Å². The van der Waals surface area contributed by atoms with Crippen LogP contribution in [-0.2, 0) is 0 Å². The number of rotatable bonds is 3. The molecule has 2 aliphatic heterocycles. The molecule has 8 heteroatoms. The highest BCUT2D eigenvalue weighted by atomic mass is 16.5. The van der Waals surface area contributed by atoms with Crippen LogP contribution in [0.15, 0.2) is 110 Å². The van der Waals surface area contributed by atoms with Crippen LogP contribution in [0.2, 0.25) is 0 Å². The normalized spacial score (nSPS) is 13.3. The monoisotopic (exact) mass is 558 g/mol. The van der Waals surface area contributed by atoms with Crippen LogP contribution in [0.25, 0.3) is 39.0 Å². The summed E-state index contributed by atoms with van der Waals surface area (Å²) in [7, 11) is 2.14. The Balaban J connectivity index is 1.16. The Hall–Kier alpha value is -5.50. The van der Waals surface area contributed by atoms with Crippen molar-refractivity contribution >= 4 is 46.0 Å². The van der Waals surface area contributed by atoms with Gasteiger partial charge in [-0.15, -0.1) is 0 Å². The van der Waals surface area contributed by atoms with Gasteiger partial charge in [-0.1, -0.05) is 30.3 Å². The van der Waals surface area contributed by atoms with Crippen LogP contribution in [0.5, 0.6) is 11.5 Å². The highest BCUT2D eigenvalue weighted by molar-refractivity contribution is 6.71. The number of para-hydroxylation sites is 3. The number of benzene rings is 4. The Labute approximate surface area is 249 Å². The molecular weight excluding hydrogens is 531 g/mol. The molecule has 206 valence electrons. The average Bonchev–Trinajstić information content (AvgIpc) is 3.72. The van der Waals surface area contributed by atoms with Crippen molar-refractivity contribution in [3.63, 3.8) is 0 Å². The zero-order valence-corrected chi connectivity index (χ0v) is 24.1. The summed E-state index contributed by atoms with van der Waals surface area (Å²) in [5.41, 5.74) is 9.10. The molecule has 0 atom stereocenters. The first-order chi connectivity index (χ1) is 21.1. The first-order valence-corrected chi connectivity index (χ1v) is 14.5. The third-order valence-corrected chi connectivity index (χ3v) is 8.95. The van der Waals surface area contributed by atoms with Gasteiger partial charge >= 0.3 is 7.12 Å². The zero-order chi connectivity index (χ0) is 28.8. The largest absolute Gasteiger partial charge is 0.515 e. The van der Waals surface area contributed by atoms with E-state index in [9.17, 15) is 0 Å². The van der Waals surface area contributed by atoms with E-state index in [1.807, 2.05) is 12.4 Å². The molecule has 7 aromatic rings. The van der Waals surface area contributed by atoms with E-state index in [2.05, 4.69) is 137 Å². The van der Waals surface area contributed by atoms with Gasteiger partial charge in [0.25, 0.3) is 0 Å². The van der Waals surface area contributed by atoms with E-state index in [0.29, 0.717) is 0 Å². The minimum atomic E-state index is -0.00230. The number of fused-ring (bicyclic) bond motifs is 11. The standard InChI is InChI=1S/C35H27BN6O/c1-22-18-34(38-21-23(22)2)41-29-9-5-4-8-26(29)27-14-12-25(20-33(27)41)43-24-13-15-30-28(19-24)35-37-16-17-40(35)36-39(3)31-10-6-7-11-32(31)42(30)36/h4-21H,1-3H3. The third kappa shape index (κ3) is 3.37. The van der Waals surface area contributed by atoms with Crippen molar-refractivity contribution in [3.05, 3.63) is 121 Å². The van der Waals surface area contributed by atoms with E-state index in [-0.39, 0.29) is 7.12 Å². The molecule has 0 aliphatic carbocycles. The minimum absolute atomic E-state index is 0.00230. The molecule has 9 rings (SSSR count). The third-order valence-electron chi connectivity index (χ3n) is 8.95. The molecule has 0 unspecified atom stereocenters. The number of nitrogens with zero attached hydrogens (tertiary/aromatic N) is 6. The van der Waals surface area contributed by atoms with E-state index in [1.165, 1.54) is 33.3 Å².